The SMILES string of the molecule is [2H]c1c([2H])c([2H])c(N(c2ccccc2)c2ccc(C#N)c3sc4ccc(-c5cccc(N(c6ccccc6)c6ccc(N(c7ccccc7)c7cccc8c7-c7ccccc7C87c8ccccc8-c8ccccc87)cc6)c5)cc4c23)c([2H])c1[2H]. The Morgan fingerprint density at radius 3 is 1.51 bits per heavy atom. The van der Waals surface area contributed by atoms with E-state index >= 15 is 0 Å². The minimum Gasteiger partial charge on any atom is -0.310 e. The van der Waals surface area contributed by atoms with Crippen LogP contribution < -0.4 is 14.7 Å². The second-order valence-corrected chi connectivity index (χ2v) is 21.0. The van der Waals surface area contributed by atoms with Crippen molar-refractivity contribution in [3.8, 4) is 39.4 Å². The molecule has 79 heavy (non-hydrogen) atoms. The van der Waals surface area contributed by atoms with Gasteiger partial charge in [0.2, 0.25) is 0 Å². The van der Waals surface area contributed by atoms with Crippen LogP contribution in [0.4, 0.5) is 51.2 Å². The number of hydrogen-bond donors (Lipinski definition) is 0. The maximum Gasteiger partial charge on any atom is 0.101 e. The molecule has 0 bridgehead atoms. The van der Waals surface area contributed by atoms with Crippen molar-refractivity contribution in [2.45, 2.75) is 5.41 Å². The summed E-state index contributed by atoms with van der Waals surface area (Å²) < 4.78 is 45.7. The average molecular weight is 1030 g/mol. The normalized spacial score (nSPS) is 13.3. The Balaban J connectivity index is 0.854. The molecule has 1 aromatic heterocycles. The number of nitrogens with zero attached hydrogens (tertiary/aromatic N) is 4. The van der Waals surface area contributed by atoms with Gasteiger partial charge in [-0.05, 0) is 165 Å². The Morgan fingerprint density at radius 1 is 0.380 bits per heavy atom. The van der Waals surface area contributed by atoms with Crippen LogP contribution in [-0.2, 0) is 5.41 Å². The lowest BCUT2D eigenvalue weighted by Crippen LogP contribution is -2.26. The van der Waals surface area contributed by atoms with E-state index in [2.05, 4.69) is 228 Å². The van der Waals surface area contributed by atoms with E-state index in [9.17, 15) is 5.26 Å². The first-order valence-corrected chi connectivity index (χ1v) is 27.2. The molecule has 0 fully saturated rings. The summed E-state index contributed by atoms with van der Waals surface area (Å²) >= 11 is 1.50. The monoisotopic (exact) mass is 1030 g/mol. The highest BCUT2D eigenvalue weighted by atomic mass is 32.1. The van der Waals surface area contributed by atoms with Crippen LogP contribution in [0, 0.1) is 11.3 Å². The van der Waals surface area contributed by atoms with E-state index in [0.29, 0.717) is 16.9 Å². The molecule has 0 saturated carbocycles. The van der Waals surface area contributed by atoms with Crippen molar-refractivity contribution >= 4 is 82.7 Å². The quantitative estimate of drug-likeness (QED) is 0.137. The number of para-hydroxylation sites is 4. The molecule has 370 valence electrons. The van der Waals surface area contributed by atoms with Gasteiger partial charge in [0.05, 0.1) is 33.9 Å². The Morgan fingerprint density at radius 2 is 0.873 bits per heavy atom. The standard InChI is InChI=1S/C74H48N4S/c75-49-52-39-45-69(77(54-24-7-2-8-25-54)55-26-9-3-10-27-55)72-63-48-51(40-46-70(63)79-73(52)72)50-21-19-30-59(47-50)76(53-22-5-1-6-23-53)57-41-43-58(44-42-57)78(56-28-11-4-12-29-56)68-38-20-37-67-71(68)62-33-15-18-36-66(62)74(67)64-34-16-13-31-60(64)61-32-14-17-35-65(61)74/h1-48H/i2D,7D,8D,24D,25D. The van der Waals surface area contributed by atoms with Gasteiger partial charge >= 0.3 is 0 Å². The van der Waals surface area contributed by atoms with E-state index in [4.69, 9.17) is 6.85 Å². The van der Waals surface area contributed by atoms with Crippen LogP contribution in [0.1, 0.15) is 34.7 Å². The molecule has 12 aromatic carbocycles. The third kappa shape index (κ3) is 7.27. The molecule has 0 atom stereocenters. The summed E-state index contributed by atoms with van der Waals surface area (Å²) in [5, 5.41) is 12.1. The van der Waals surface area contributed by atoms with Gasteiger partial charge in [-0.1, -0.05) is 176 Å². The number of rotatable bonds is 10. The lowest BCUT2D eigenvalue weighted by atomic mass is 9.70. The van der Waals surface area contributed by atoms with E-state index < -0.39 is 23.5 Å². The van der Waals surface area contributed by atoms with Crippen LogP contribution >= 0.6 is 11.3 Å². The molecular formula is C74H48N4S. The molecular weight excluding hydrogens is 977 g/mol. The number of benzene rings is 12. The van der Waals surface area contributed by atoms with Crippen LogP contribution in [0.5, 0.6) is 0 Å². The van der Waals surface area contributed by atoms with Gasteiger partial charge in [-0.3, -0.25) is 0 Å². The predicted octanol–water partition coefficient (Wildman–Crippen LogP) is 20.3. The highest BCUT2D eigenvalue weighted by Crippen LogP contribution is 2.64. The molecule has 15 rings (SSSR count). The number of anilines is 9. The zero-order valence-electron chi connectivity index (χ0n) is 47.5. The third-order valence-electron chi connectivity index (χ3n) is 15.8. The van der Waals surface area contributed by atoms with Crippen LogP contribution in [0.2, 0.25) is 0 Å². The molecule has 5 heteroatoms. The fourth-order valence-electron chi connectivity index (χ4n) is 12.6. The van der Waals surface area contributed by atoms with Gasteiger partial charge in [0.25, 0.3) is 0 Å². The molecule has 0 radical (unpaired) electrons. The van der Waals surface area contributed by atoms with E-state index in [-0.39, 0.29) is 17.8 Å². The lowest BCUT2D eigenvalue weighted by Gasteiger charge is -2.32. The Kier molecular flexibility index (Phi) is 9.75. The minimum absolute atomic E-state index is 0.0211. The molecule has 4 nitrogen and oxygen atoms in total. The smallest absolute Gasteiger partial charge is 0.101 e. The third-order valence-corrected chi connectivity index (χ3v) is 17.0. The summed E-state index contributed by atoms with van der Waals surface area (Å²) in [6.45, 7) is 0. The van der Waals surface area contributed by atoms with Gasteiger partial charge in [-0.25, -0.2) is 0 Å². The van der Waals surface area contributed by atoms with Crippen molar-refractivity contribution < 1.29 is 6.85 Å². The molecule has 2 aliphatic carbocycles. The van der Waals surface area contributed by atoms with Crippen molar-refractivity contribution in [3.63, 3.8) is 0 Å². The van der Waals surface area contributed by atoms with Crippen LogP contribution in [0.3, 0.4) is 0 Å². The van der Waals surface area contributed by atoms with Crippen LogP contribution in [-0.4, -0.2) is 0 Å². The second kappa shape index (κ2) is 18.8. The number of nitriles is 1. The first kappa shape index (κ1) is 41.0. The Labute approximate surface area is 470 Å². The highest BCUT2D eigenvalue weighted by molar-refractivity contribution is 7.26. The van der Waals surface area contributed by atoms with Crippen LogP contribution in [0.15, 0.2) is 291 Å². The zero-order chi connectivity index (χ0) is 56.8. The minimum atomic E-state index is -0.486. The van der Waals surface area contributed by atoms with Crippen molar-refractivity contribution in [1.29, 1.82) is 5.26 Å². The van der Waals surface area contributed by atoms with Gasteiger partial charge in [0.1, 0.15) is 6.07 Å². The van der Waals surface area contributed by atoms with Gasteiger partial charge in [-0.2, -0.15) is 5.26 Å². The topological polar surface area (TPSA) is 33.5 Å². The summed E-state index contributed by atoms with van der Waals surface area (Å²) in [4.78, 5) is 6.42. The van der Waals surface area contributed by atoms with E-state index in [1.54, 1.807) is 11.0 Å². The summed E-state index contributed by atoms with van der Waals surface area (Å²) in [6, 6.07) is 91.8. The lowest BCUT2D eigenvalue weighted by molar-refractivity contribution is 0.794. The highest BCUT2D eigenvalue weighted by Gasteiger charge is 2.52. The summed E-state index contributed by atoms with van der Waals surface area (Å²) in [6.07, 6.45) is 0. The van der Waals surface area contributed by atoms with Crippen LogP contribution in [0.25, 0.3) is 53.6 Å². The molecule has 0 aliphatic heterocycles. The maximum atomic E-state index is 10.5. The number of fused-ring (bicyclic) bond motifs is 13. The van der Waals surface area contributed by atoms with Gasteiger partial charge in [0, 0.05) is 60.8 Å². The van der Waals surface area contributed by atoms with E-state index in [0.717, 1.165) is 65.4 Å². The van der Waals surface area contributed by atoms with Crippen molar-refractivity contribution in [1.82, 2.24) is 0 Å². The largest absolute Gasteiger partial charge is 0.310 e. The van der Waals surface area contributed by atoms with Crippen molar-refractivity contribution in [3.05, 3.63) is 319 Å². The maximum absolute atomic E-state index is 10.5. The number of hydrogen-bond acceptors (Lipinski definition) is 5. The van der Waals surface area contributed by atoms with Crippen molar-refractivity contribution in [2.24, 2.45) is 0 Å². The fraction of sp³-hybridized carbons (Fsp3) is 0.0135. The molecule has 0 N–H and O–H groups in total. The fourth-order valence-corrected chi connectivity index (χ4v) is 13.7. The average Bonchev–Trinajstić information content (AvgIpc) is 1.65. The zero-order valence-corrected chi connectivity index (χ0v) is 43.3. The Hall–Kier alpha value is -10.3. The van der Waals surface area contributed by atoms with Crippen molar-refractivity contribution in [2.75, 3.05) is 14.7 Å². The molecule has 13 aromatic rings. The van der Waals surface area contributed by atoms with E-state index in [1.807, 2.05) is 42.5 Å². The molecule has 2 aliphatic rings. The first-order valence-electron chi connectivity index (χ1n) is 28.9. The molecule has 0 unspecified atom stereocenters. The van der Waals surface area contributed by atoms with E-state index in [1.165, 1.54) is 55.8 Å². The molecule has 0 amide bonds. The van der Waals surface area contributed by atoms with Gasteiger partial charge in [-0.15, -0.1) is 11.3 Å². The summed E-state index contributed by atoms with van der Waals surface area (Å²) in [5.41, 5.74) is 19.3. The molecule has 1 heterocycles. The van der Waals surface area contributed by atoms with Gasteiger partial charge < -0.3 is 14.7 Å². The summed E-state index contributed by atoms with van der Waals surface area (Å²) in [5.74, 6) is 0. The second-order valence-electron chi connectivity index (χ2n) is 19.9. The molecule has 1 spiro atoms. The van der Waals surface area contributed by atoms with Gasteiger partial charge in [0.15, 0.2) is 0 Å². The predicted molar refractivity (Wildman–Crippen MR) is 330 cm³/mol. The molecule has 0 saturated heterocycles. The Bertz CT molecular complexity index is 4760. The first-order chi connectivity index (χ1) is 41.2. The number of thiophene rings is 1. The summed E-state index contributed by atoms with van der Waals surface area (Å²) in [7, 11) is 0.